The predicted molar refractivity (Wildman–Crippen MR) is 52.3 cm³/mol. The Balaban J connectivity index is 3.53. The Morgan fingerprint density at radius 3 is 2.37 bits per heavy atom. The first kappa shape index (κ1) is 15.1. The number of carbonyl (C=O) groups excluding carboxylic acids is 1. The molecule has 0 saturated heterocycles. The van der Waals surface area contributed by atoms with Gasteiger partial charge in [0.05, 0.1) is 16.8 Å². The molecule has 0 aromatic carbocycles. The van der Waals surface area contributed by atoms with Crippen molar-refractivity contribution in [1.82, 2.24) is 4.98 Å². The second-order valence-corrected chi connectivity index (χ2v) is 3.28. The Hall–Kier alpha value is -1.97. The summed E-state index contributed by atoms with van der Waals surface area (Å²) in [5.41, 5.74) is 7.29. The highest BCUT2D eigenvalue weighted by atomic mass is 19.4. The minimum atomic E-state index is -5.20. The highest BCUT2D eigenvalue weighted by molar-refractivity contribution is 5.97. The third-order valence-corrected chi connectivity index (χ3v) is 2.03. The molecule has 0 aliphatic rings. The first-order chi connectivity index (χ1) is 8.67. The number of rotatable bonds is 4. The molecule has 19 heavy (non-hydrogen) atoms. The van der Waals surface area contributed by atoms with Crippen LogP contribution in [-0.2, 0) is 6.54 Å². The third kappa shape index (κ3) is 3.50. The van der Waals surface area contributed by atoms with Gasteiger partial charge in [0.25, 0.3) is 12.3 Å². The van der Waals surface area contributed by atoms with Crippen LogP contribution in [0.5, 0.6) is 5.75 Å². The fourth-order valence-electron chi connectivity index (χ4n) is 1.34. The molecule has 1 amide bonds. The number of amides is 1. The molecule has 0 aliphatic carbocycles. The SMILES string of the molecule is NCc1ncc(C(F)F)c(C(N)=O)c1OC(F)(F)F. The number of carbonyl (C=O) groups is 1. The number of hydrogen-bond donors (Lipinski definition) is 2. The molecule has 0 radical (unpaired) electrons. The Morgan fingerprint density at radius 2 is 2.00 bits per heavy atom. The van der Waals surface area contributed by atoms with Gasteiger partial charge in [0.1, 0.15) is 0 Å². The van der Waals surface area contributed by atoms with E-state index in [0.29, 0.717) is 6.20 Å². The van der Waals surface area contributed by atoms with Crippen molar-refractivity contribution in [3.8, 4) is 5.75 Å². The summed E-state index contributed by atoms with van der Waals surface area (Å²) in [6.07, 6.45) is -7.90. The maximum Gasteiger partial charge on any atom is 0.573 e. The number of aromatic nitrogens is 1. The average molecular weight is 285 g/mol. The summed E-state index contributed by atoms with van der Waals surface area (Å²) in [5, 5.41) is 0. The van der Waals surface area contributed by atoms with Gasteiger partial charge >= 0.3 is 6.36 Å². The normalized spacial score (nSPS) is 11.7. The zero-order valence-corrected chi connectivity index (χ0v) is 9.17. The molecule has 0 atom stereocenters. The minimum absolute atomic E-state index is 0.504. The Bertz CT molecular complexity index is 489. The van der Waals surface area contributed by atoms with Gasteiger partial charge in [-0.1, -0.05) is 0 Å². The molecular weight excluding hydrogens is 277 g/mol. The first-order valence-electron chi connectivity index (χ1n) is 4.73. The largest absolute Gasteiger partial charge is 0.573 e. The van der Waals surface area contributed by atoms with Crippen LogP contribution in [0.2, 0.25) is 0 Å². The lowest BCUT2D eigenvalue weighted by molar-refractivity contribution is -0.275. The van der Waals surface area contributed by atoms with Gasteiger partial charge in [0.2, 0.25) is 0 Å². The first-order valence-corrected chi connectivity index (χ1v) is 4.73. The summed E-state index contributed by atoms with van der Waals surface area (Å²) in [7, 11) is 0. The summed E-state index contributed by atoms with van der Waals surface area (Å²) < 4.78 is 65.4. The second-order valence-electron chi connectivity index (χ2n) is 3.28. The van der Waals surface area contributed by atoms with Crippen LogP contribution in [-0.4, -0.2) is 17.3 Å². The standard InChI is InChI=1S/C9H8F5N3O2/c10-7(11)3-2-17-4(1-15)6(5(3)8(16)18)19-9(12,13)14/h2,7H,1,15H2,(H2,16,18). The Kier molecular flexibility index (Phi) is 4.24. The lowest BCUT2D eigenvalue weighted by Crippen LogP contribution is -2.24. The van der Waals surface area contributed by atoms with Crippen molar-refractivity contribution in [3.63, 3.8) is 0 Å². The molecule has 1 rings (SSSR count). The zero-order chi connectivity index (χ0) is 14.8. The van der Waals surface area contributed by atoms with Gasteiger partial charge in [-0.15, -0.1) is 13.2 Å². The number of halogens is 5. The van der Waals surface area contributed by atoms with Gasteiger partial charge in [0.15, 0.2) is 5.75 Å². The van der Waals surface area contributed by atoms with Crippen molar-refractivity contribution in [1.29, 1.82) is 0 Å². The molecule has 4 N–H and O–H groups in total. The van der Waals surface area contributed by atoms with Crippen molar-refractivity contribution in [2.45, 2.75) is 19.3 Å². The second kappa shape index (κ2) is 5.34. The maximum absolute atomic E-state index is 12.6. The number of nitrogens with zero attached hydrogens (tertiary/aromatic N) is 1. The van der Waals surface area contributed by atoms with E-state index in [-0.39, 0.29) is 0 Å². The van der Waals surface area contributed by atoms with Crippen LogP contribution in [0.4, 0.5) is 22.0 Å². The molecular formula is C9H8F5N3O2. The van der Waals surface area contributed by atoms with Crippen LogP contribution >= 0.6 is 0 Å². The quantitative estimate of drug-likeness (QED) is 0.819. The summed E-state index contributed by atoms with van der Waals surface area (Å²) in [6, 6.07) is 0. The molecule has 1 aromatic heterocycles. The monoisotopic (exact) mass is 285 g/mol. The average Bonchev–Trinajstić information content (AvgIpc) is 2.25. The molecule has 0 spiro atoms. The van der Waals surface area contributed by atoms with Crippen molar-refractivity contribution in [2.24, 2.45) is 11.5 Å². The van der Waals surface area contributed by atoms with Crippen LogP contribution < -0.4 is 16.2 Å². The zero-order valence-electron chi connectivity index (χ0n) is 9.17. The molecule has 5 nitrogen and oxygen atoms in total. The van der Waals surface area contributed by atoms with Gasteiger partial charge in [-0.05, 0) is 0 Å². The fraction of sp³-hybridized carbons (Fsp3) is 0.333. The van der Waals surface area contributed by atoms with E-state index in [9.17, 15) is 26.7 Å². The van der Waals surface area contributed by atoms with Crippen molar-refractivity contribution in [3.05, 3.63) is 23.0 Å². The summed E-state index contributed by atoms with van der Waals surface area (Å²) in [6.45, 7) is -0.546. The minimum Gasteiger partial charge on any atom is -0.403 e. The molecule has 0 fully saturated rings. The molecule has 0 aliphatic heterocycles. The molecule has 1 aromatic rings. The van der Waals surface area contributed by atoms with Crippen LogP contribution in [0.15, 0.2) is 6.20 Å². The highest BCUT2D eigenvalue weighted by Crippen LogP contribution is 2.34. The maximum atomic E-state index is 12.6. The van der Waals surface area contributed by atoms with E-state index in [1.807, 2.05) is 0 Å². The number of hydrogen-bond acceptors (Lipinski definition) is 4. The van der Waals surface area contributed by atoms with Crippen molar-refractivity contribution >= 4 is 5.91 Å². The third-order valence-electron chi connectivity index (χ3n) is 2.03. The summed E-state index contributed by atoms with van der Waals surface area (Å²) in [4.78, 5) is 14.4. The van der Waals surface area contributed by atoms with Crippen LogP contribution in [0.1, 0.15) is 28.0 Å². The molecule has 1 heterocycles. The Labute approximate surface area is 103 Å². The predicted octanol–water partition coefficient (Wildman–Crippen LogP) is 1.48. The molecule has 106 valence electrons. The molecule has 10 heteroatoms. The van der Waals surface area contributed by atoms with E-state index >= 15 is 0 Å². The van der Waals surface area contributed by atoms with E-state index in [0.717, 1.165) is 0 Å². The molecule has 0 bridgehead atoms. The highest BCUT2D eigenvalue weighted by Gasteiger charge is 2.36. The van der Waals surface area contributed by atoms with E-state index in [4.69, 9.17) is 11.5 Å². The topological polar surface area (TPSA) is 91.2 Å². The van der Waals surface area contributed by atoms with Gasteiger partial charge < -0.3 is 16.2 Å². The smallest absolute Gasteiger partial charge is 0.403 e. The number of ether oxygens (including phenoxy) is 1. The van der Waals surface area contributed by atoms with Gasteiger partial charge in [0, 0.05) is 12.7 Å². The van der Waals surface area contributed by atoms with E-state index in [2.05, 4.69) is 9.72 Å². The van der Waals surface area contributed by atoms with Crippen LogP contribution in [0.3, 0.4) is 0 Å². The Morgan fingerprint density at radius 1 is 1.42 bits per heavy atom. The van der Waals surface area contributed by atoms with E-state index in [1.54, 1.807) is 0 Å². The number of primary amides is 1. The molecule has 0 unspecified atom stereocenters. The summed E-state index contributed by atoms with van der Waals surface area (Å²) in [5.74, 6) is -2.69. The number of nitrogens with two attached hydrogens (primary N) is 2. The van der Waals surface area contributed by atoms with Crippen LogP contribution in [0.25, 0.3) is 0 Å². The lowest BCUT2D eigenvalue weighted by Gasteiger charge is -2.16. The number of alkyl halides is 5. The van der Waals surface area contributed by atoms with Crippen molar-refractivity contribution < 1.29 is 31.5 Å². The van der Waals surface area contributed by atoms with Gasteiger partial charge in [-0.2, -0.15) is 0 Å². The van der Waals surface area contributed by atoms with E-state index < -0.39 is 47.8 Å². The number of pyridine rings is 1. The van der Waals surface area contributed by atoms with Gasteiger partial charge in [-0.25, -0.2) is 8.78 Å². The van der Waals surface area contributed by atoms with E-state index in [1.165, 1.54) is 0 Å². The van der Waals surface area contributed by atoms with Crippen molar-refractivity contribution in [2.75, 3.05) is 0 Å². The fourth-order valence-corrected chi connectivity index (χ4v) is 1.34. The van der Waals surface area contributed by atoms with Gasteiger partial charge in [-0.3, -0.25) is 9.78 Å². The molecule has 0 saturated carbocycles. The van der Waals surface area contributed by atoms with Crippen LogP contribution in [0, 0.1) is 0 Å². The summed E-state index contributed by atoms with van der Waals surface area (Å²) >= 11 is 0. The lowest BCUT2D eigenvalue weighted by atomic mass is 10.1.